The highest BCUT2D eigenvalue weighted by atomic mass is 16.5. The van der Waals surface area contributed by atoms with Crippen molar-refractivity contribution in [2.75, 3.05) is 35.0 Å². The van der Waals surface area contributed by atoms with Gasteiger partial charge in [0.1, 0.15) is 0 Å². The molecule has 3 aromatic carbocycles. The molecule has 0 aromatic heterocycles. The van der Waals surface area contributed by atoms with E-state index in [1.165, 1.54) is 0 Å². The largest absolute Gasteiger partial charge is 0.493 e. The summed E-state index contributed by atoms with van der Waals surface area (Å²) in [6, 6.07) is 19.1. The molecule has 7 nitrogen and oxygen atoms in total. The fraction of sp³-hybridized carbons (Fsp3) is 0.296. The molecule has 176 valence electrons. The van der Waals surface area contributed by atoms with E-state index in [-0.39, 0.29) is 18.4 Å². The van der Waals surface area contributed by atoms with Crippen LogP contribution >= 0.6 is 0 Å². The Morgan fingerprint density at radius 1 is 0.824 bits per heavy atom. The van der Waals surface area contributed by atoms with E-state index < -0.39 is 5.72 Å². The van der Waals surface area contributed by atoms with Crippen molar-refractivity contribution in [2.45, 2.75) is 18.2 Å². The van der Waals surface area contributed by atoms with E-state index in [0.717, 1.165) is 22.3 Å². The third-order valence-corrected chi connectivity index (χ3v) is 6.65. The van der Waals surface area contributed by atoms with Crippen LogP contribution in [0.15, 0.2) is 60.7 Å². The fourth-order valence-corrected chi connectivity index (χ4v) is 5.10. The Morgan fingerprint density at radius 2 is 1.47 bits per heavy atom. The van der Waals surface area contributed by atoms with Gasteiger partial charge in [0.05, 0.1) is 47.5 Å². The van der Waals surface area contributed by atoms with Crippen LogP contribution in [0.25, 0.3) is 0 Å². The Kier molecular flexibility index (Phi) is 5.57. The summed E-state index contributed by atoms with van der Waals surface area (Å²) in [6.07, 6.45) is 0.234. The predicted molar refractivity (Wildman–Crippen MR) is 126 cm³/mol. The number of methoxy groups -OCH3 is 4. The fourth-order valence-electron chi connectivity index (χ4n) is 5.10. The first-order valence-corrected chi connectivity index (χ1v) is 11.1. The first kappa shape index (κ1) is 22.1. The first-order valence-electron chi connectivity index (χ1n) is 11.1. The van der Waals surface area contributed by atoms with Gasteiger partial charge in [0.15, 0.2) is 28.7 Å². The molecular weight excluding hydrogens is 434 g/mol. The number of hydrogen-bond acceptors (Lipinski definition) is 6. The van der Waals surface area contributed by atoms with Crippen LogP contribution in [0.3, 0.4) is 0 Å². The van der Waals surface area contributed by atoms with Crippen molar-refractivity contribution >= 4 is 5.91 Å². The number of carbonyl (C=O) groups excluding carboxylic acids is 1. The normalized spacial score (nSPS) is 21.0. The summed E-state index contributed by atoms with van der Waals surface area (Å²) < 4.78 is 28.8. The molecule has 2 atom stereocenters. The van der Waals surface area contributed by atoms with Crippen LogP contribution in [0.1, 0.15) is 28.3 Å². The molecule has 1 amide bonds. The van der Waals surface area contributed by atoms with Crippen LogP contribution in [-0.4, -0.2) is 45.9 Å². The minimum atomic E-state index is -1.16. The van der Waals surface area contributed by atoms with Gasteiger partial charge in [-0.2, -0.15) is 0 Å². The van der Waals surface area contributed by atoms with Gasteiger partial charge in [0.25, 0.3) is 0 Å². The van der Waals surface area contributed by atoms with Crippen molar-refractivity contribution in [2.24, 2.45) is 0 Å². The van der Waals surface area contributed by atoms with Crippen molar-refractivity contribution in [1.82, 2.24) is 4.90 Å². The smallest absolute Gasteiger partial charge is 0.230 e. The summed E-state index contributed by atoms with van der Waals surface area (Å²) in [5.74, 6) is 2.27. The number of rotatable bonds is 6. The Hall–Kier alpha value is -3.71. The summed E-state index contributed by atoms with van der Waals surface area (Å²) in [4.78, 5) is 15.6. The molecule has 1 fully saturated rings. The summed E-state index contributed by atoms with van der Waals surface area (Å²) in [5, 5.41) is 0. The maximum absolute atomic E-state index is 13.8. The number of benzene rings is 3. The van der Waals surface area contributed by atoms with E-state index >= 15 is 0 Å². The lowest BCUT2D eigenvalue weighted by molar-refractivity contribution is -0.149. The van der Waals surface area contributed by atoms with E-state index in [2.05, 4.69) is 0 Å². The average Bonchev–Trinajstić information content (AvgIpc) is 3.30. The molecule has 0 radical (unpaired) electrons. The molecule has 0 unspecified atom stereocenters. The van der Waals surface area contributed by atoms with Crippen LogP contribution < -0.4 is 18.9 Å². The highest BCUT2D eigenvalue weighted by Crippen LogP contribution is 2.54. The molecule has 0 spiro atoms. The summed E-state index contributed by atoms with van der Waals surface area (Å²) in [6.45, 7) is 0.345. The standard InChI is InChI=1S/C27H27NO6/c1-30-22-11-10-19(14-24(22)32-3)27-20-15-25(33-4)23(31-2)12-18(20)13-26(29)28(27)21(16-34-27)17-8-6-5-7-9-17/h5-12,14-15,21H,13,16H2,1-4H3/t21-,27-/m1/s1. The van der Waals surface area contributed by atoms with Crippen LogP contribution in [0.2, 0.25) is 0 Å². The predicted octanol–water partition coefficient (Wildman–Crippen LogP) is 4.08. The molecule has 2 heterocycles. The minimum Gasteiger partial charge on any atom is -0.493 e. The molecule has 2 aliphatic rings. The Labute approximate surface area is 198 Å². The van der Waals surface area contributed by atoms with Gasteiger partial charge < -0.3 is 23.7 Å². The second kappa shape index (κ2) is 8.57. The maximum Gasteiger partial charge on any atom is 0.230 e. The van der Waals surface area contributed by atoms with Crippen molar-refractivity contribution in [3.63, 3.8) is 0 Å². The van der Waals surface area contributed by atoms with Gasteiger partial charge in [-0.3, -0.25) is 9.69 Å². The summed E-state index contributed by atoms with van der Waals surface area (Å²) in [7, 11) is 6.37. The second-order valence-corrected chi connectivity index (χ2v) is 8.26. The zero-order chi connectivity index (χ0) is 23.9. The highest BCUT2D eigenvalue weighted by Gasteiger charge is 2.56. The number of ether oxygens (including phenoxy) is 5. The van der Waals surface area contributed by atoms with E-state index in [0.29, 0.717) is 29.6 Å². The van der Waals surface area contributed by atoms with Crippen molar-refractivity contribution < 1.29 is 28.5 Å². The van der Waals surface area contributed by atoms with Crippen molar-refractivity contribution in [1.29, 1.82) is 0 Å². The van der Waals surface area contributed by atoms with Gasteiger partial charge in [-0.05, 0) is 41.5 Å². The number of amides is 1. The molecule has 0 saturated carbocycles. The molecule has 0 aliphatic carbocycles. The molecule has 7 heteroatoms. The molecule has 0 N–H and O–H groups in total. The van der Waals surface area contributed by atoms with Gasteiger partial charge in [0.2, 0.25) is 5.91 Å². The average molecular weight is 462 g/mol. The summed E-state index contributed by atoms with van der Waals surface area (Å²) in [5.41, 5.74) is 2.30. The Morgan fingerprint density at radius 3 is 2.15 bits per heavy atom. The molecule has 5 rings (SSSR count). The van der Waals surface area contributed by atoms with Crippen LogP contribution in [0.5, 0.6) is 23.0 Å². The van der Waals surface area contributed by atoms with Gasteiger partial charge in [-0.15, -0.1) is 0 Å². The molecule has 0 bridgehead atoms. The van der Waals surface area contributed by atoms with Crippen LogP contribution in [0.4, 0.5) is 0 Å². The molecule has 2 aliphatic heterocycles. The van der Waals surface area contributed by atoms with Gasteiger partial charge in [0, 0.05) is 11.1 Å². The number of hydrogen-bond donors (Lipinski definition) is 0. The monoisotopic (exact) mass is 461 g/mol. The summed E-state index contributed by atoms with van der Waals surface area (Å²) >= 11 is 0. The van der Waals surface area contributed by atoms with Gasteiger partial charge >= 0.3 is 0 Å². The van der Waals surface area contributed by atoms with E-state index in [4.69, 9.17) is 23.7 Å². The lowest BCUT2D eigenvalue weighted by Crippen LogP contribution is -2.52. The lowest BCUT2D eigenvalue weighted by Gasteiger charge is -2.44. The third-order valence-electron chi connectivity index (χ3n) is 6.65. The Balaban J connectivity index is 1.78. The minimum absolute atomic E-state index is 0.0270. The Bertz CT molecular complexity index is 1230. The SMILES string of the molecule is COc1ccc([C@]23OC[C@H](c4ccccc4)N2C(=O)Cc2cc(OC)c(OC)cc23)cc1OC. The zero-order valence-corrected chi connectivity index (χ0v) is 19.7. The van der Waals surface area contributed by atoms with E-state index in [1.807, 2.05) is 65.6 Å². The number of nitrogens with zero attached hydrogens (tertiary/aromatic N) is 1. The molecule has 3 aromatic rings. The first-order chi connectivity index (χ1) is 16.6. The quantitative estimate of drug-likeness (QED) is 0.551. The third kappa shape index (κ3) is 3.19. The maximum atomic E-state index is 13.8. The van der Waals surface area contributed by atoms with E-state index in [1.54, 1.807) is 28.4 Å². The van der Waals surface area contributed by atoms with Crippen molar-refractivity contribution in [3.05, 3.63) is 82.9 Å². The molecule has 34 heavy (non-hydrogen) atoms. The highest BCUT2D eigenvalue weighted by molar-refractivity contribution is 5.85. The topological polar surface area (TPSA) is 66.5 Å². The van der Waals surface area contributed by atoms with Gasteiger partial charge in [-0.1, -0.05) is 30.3 Å². The molecular formula is C27H27NO6. The number of fused-ring (bicyclic) bond motifs is 3. The van der Waals surface area contributed by atoms with Crippen LogP contribution in [0, 0.1) is 0 Å². The zero-order valence-electron chi connectivity index (χ0n) is 19.7. The number of carbonyl (C=O) groups is 1. The van der Waals surface area contributed by atoms with Crippen molar-refractivity contribution in [3.8, 4) is 23.0 Å². The molecule has 1 saturated heterocycles. The van der Waals surface area contributed by atoms with Crippen LogP contribution in [-0.2, 0) is 21.7 Å². The lowest BCUT2D eigenvalue weighted by atomic mass is 9.83. The second-order valence-electron chi connectivity index (χ2n) is 8.26. The van der Waals surface area contributed by atoms with Gasteiger partial charge in [-0.25, -0.2) is 0 Å². The van der Waals surface area contributed by atoms with E-state index in [9.17, 15) is 4.79 Å².